The first-order valence-corrected chi connectivity index (χ1v) is 6.86. The van der Waals surface area contributed by atoms with Crippen LogP contribution in [0, 0.1) is 0 Å². The van der Waals surface area contributed by atoms with Crippen molar-refractivity contribution in [2.75, 3.05) is 5.73 Å². The van der Waals surface area contributed by atoms with Crippen LogP contribution in [-0.2, 0) is 0 Å². The second kappa shape index (κ2) is 4.10. The molecular weight excluding hydrogens is 360 g/mol. The Hall–Kier alpha value is -1.33. The van der Waals surface area contributed by atoms with E-state index in [1.54, 1.807) is 6.07 Å². The van der Waals surface area contributed by atoms with Gasteiger partial charge in [-0.1, -0.05) is 18.2 Å². The molecule has 0 amide bonds. The van der Waals surface area contributed by atoms with E-state index in [0.29, 0.717) is 11.1 Å². The lowest BCUT2D eigenvalue weighted by molar-refractivity contribution is 1.33. The molecule has 0 saturated carbocycles. The highest BCUT2D eigenvalue weighted by Gasteiger charge is 2.12. The summed E-state index contributed by atoms with van der Waals surface area (Å²) in [4.78, 5) is 14.9. The van der Waals surface area contributed by atoms with E-state index in [0.717, 1.165) is 25.2 Å². The molecule has 2 aromatic carbocycles. The molecule has 0 bridgehead atoms. The van der Waals surface area contributed by atoms with Crippen molar-refractivity contribution in [3.8, 4) is 0 Å². The summed E-state index contributed by atoms with van der Waals surface area (Å²) in [6.07, 6.45) is 0. The number of anilines is 1. The molecule has 0 spiro atoms. The number of benzene rings is 2. The zero-order valence-electron chi connectivity index (χ0n) is 9.13. The van der Waals surface area contributed by atoms with Crippen molar-refractivity contribution >= 4 is 59.2 Å². The molecule has 3 aromatic rings. The van der Waals surface area contributed by atoms with E-state index in [9.17, 15) is 4.79 Å². The monoisotopic (exact) mass is 366 g/mol. The van der Waals surface area contributed by atoms with Crippen molar-refractivity contribution in [3.05, 3.63) is 49.6 Å². The van der Waals surface area contributed by atoms with Gasteiger partial charge in [0.1, 0.15) is 0 Å². The zero-order chi connectivity index (χ0) is 12.9. The molecule has 0 aliphatic rings. The standard InChI is InChI=1S/C13H8Br2N2O/c14-8-5-9(15)12-10(11(8)16)6-3-1-2-4-7(6)13(18)17-12/h1-5H,16H2,(H,17,18). The fourth-order valence-corrected chi connectivity index (χ4v) is 3.38. The zero-order valence-corrected chi connectivity index (χ0v) is 12.3. The first kappa shape index (κ1) is 11.7. The first-order valence-electron chi connectivity index (χ1n) is 5.28. The predicted molar refractivity (Wildman–Crippen MR) is 81.9 cm³/mol. The number of hydrogen-bond acceptors (Lipinski definition) is 2. The van der Waals surface area contributed by atoms with Gasteiger partial charge in [-0.2, -0.15) is 0 Å². The van der Waals surface area contributed by atoms with Gasteiger partial charge in [-0.15, -0.1) is 0 Å². The molecule has 1 aromatic heterocycles. The van der Waals surface area contributed by atoms with Gasteiger partial charge < -0.3 is 10.7 Å². The quantitative estimate of drug-likeness (QED) is 0.469. The van der Waals surface area contributed by atoms with Crippen LogP contribution >= 0.6 is 31.9 Å². The van der Waals surface area contributed by atoms with E-state index < -0.39 is 0 Å². The van der Waals surface area contributed by atoms with Crippen molar-refractivity contribution < 1.29 is 0 Å². The fourth-order valence-electron chi connectivity index (χ4n) is 2.12. The lowest BCUT2D eigenvalue weighted by Gasteiger charge is -2.09. The second-order valence-electron chi connectivity index (χ2n) is 4.00. The topological polar surface area (TPSA) is 58.9 Å². The third kappa shape index (κ3) is 1.58. The predicted octanol–water partition coefficient (Wildman–Crippen LogP) is 3.79. The third-order valence-electron chi connectivity index (χ3n) is 2.95. The van der Waals surface area contributed by atoms with Gasteiger partial charge in [0.15, 0.2) is 0 Å². The molecule has 5 heteroatoms. The van der Waals surface area contributed by atoms with Gasteiger partial charge in [-0.3, -0.25) is 4.79 Å². The summed E-state index contributed by atoms with van der Waals surface area (Å²) >= 11 is 6.87. The summed E-state index contributed by atoms with van der Waals surface area (Å²) in [6.45, 7) is 0. The number of aromatic nitrogens is 1. The van der Waals surface area contributed by atoms with Crippen molar-refractivity contribution in [1.82, 2.24) is 4.98 Å². The second-order valence-corrected chi connectivity index (χ2v) is 5.71. The van der Waals surface area contributed by atoms with Gasteiger partial charge in [0, 0.05) is 19.7 Å². The van der Waals surface area contributed by atoms with Crippen LogP contribution in [0.15, 0.2) is 44.1 Å². The highest BCUT2D eigenvalue weighted by atomic mass is 79.9. The van der Waals surface area contributed by atoms with Crippen LogP contribution in [0.3, 0.4) is 0 Å². The SMILES string of the molecule is Nc1c(Br)cc(Br)c2[nH]c(=O)c3ccccc3c12. The number of H-pyrrole nitrogens is 1. The Kier molecular flexibility index (Phi) is 2.68. The van der Waals surface area contributed by atoms with Gasteiger partial charge in [0.05, 0.1) is 11.2 Å². The van der Waals surface area contributed by atoms with Gasteiger partial charge in [-0.25, -0.2) is 0 Å². The molecule has 0 fully saturated rings. The van der Waals surface area contributed by atoms with Crippen LogP contribution in [0.2, 0.25) is 0 Å². The third-order valence-corrected chi connectivity index (χ3v) is 4.23. The molecule has 3 rings (SSSR count). The Labute approximate surface area is 119 Å². The molecule has 3 N–H and O–H groups in total. The Bertz CT molecular complexity index is 840. The van der Waals surface area contributed by atoms with Crippen LogP contribution in [0.4, 0.5) is 5.69 Å². The van der Waals surface area contributed by atoms with E-state index in [1.807, 2.05) is 24.3 Å². The normalized spacial score (nSPS) is 11.2. The van der Waals surface area contributed by atoms with Crippen LogP contribution in [0.25, 0.3) is 21.7 Å². The number of fused-ring (bicyclic) bond motifs is 3. The summed E-state index contributed by atoms with van der Waals surface area (Å²) in [5.41, 5.74) is 7.35. The molecule has 0 atom stereocenters. The molecule has 0 saturated heterocycles. The van der Waals surface area contributed by atoms with Gasteiger partial charge >= 0.3 is 0 Å². The number of rotatable bonds is 0. The van der Waals surface area contributed by atoms with Crippen LogP contribution in [0.5, 0.6) is 0 Å². The van der Waals surface area contributed by atoms with Crippen molar-refractivity contribution in [3.63, 3.8) is 0 Å². The van der Waals surface area contributed by atoms with Crippen LogP contribution in [-0.4, -0.2) is 4.98 Å². The number of hydrogen-bond donors (Lipinski definition) is 2. The fraction of sp³-hybridized carbons (Fsp3) is 0. The highest BCUT2D eigenvalue weighted by Crippen LogP contribution is 2.36. The summed E-state index contributed by atoms with van der Waals surface area (Å²) in [5.74, 6) is 0. The minimum atomic E-state index is -0.111. The number of nitrogens with one attached hydrogen (secondary N) is 1. The number of nitrogens with two attached hydrogens (primary N) is 1. The van der Waals surface area contributed by atoms with Gasteiger partial charge in [0.25, 0.3) is 5.56 Å². The number of nitrogen functional groups attached to an aromatic ring is 1. The largest absolute Gasteiger partial charge is 0.397 e. The number of aromatic amines is 1. The molecule has 0 aliphatic heterocycles. The number of halogens is 2. The van der Waals surface area contributed by atoms with E-state index >= 15 is 0 Å². The van der Waals surface area contributed by atoms with Crippen molar-refractivity contribution in [1.29, 1.82) is 0 Å². The minimum absolute atomic E-state index is 0.111. The lowest BCUT2D eigenvalue weighted by atomic mass is 10.1. The summed E-state index contributed by atoms with van der Waals surface area (Å²) < 4.78 is 1.61. The van der Waals surface area contributed by atoms with E-state index in [-0.39, 0.29) is 5.56 Å². The lowest BCUT2D eigenvalue weighted by Crippen LogP contribution is -2.07. The van der Waals surface area contributed by atoms with Crippen molar-refractivity contribution in [2.24, 2.45) is 0 Å². The van der Waals surface area contributed by atoms with E-state index in [2.05, 4.69) is 36.8 Å². The Morgan fingerprint density at radius 1 is 1.06 bits per heavy atom. The van der Waals surface area contributed by atoms with Crippen molar-refractivity contribution in [2.45, 2.75) is 0 Å². The van der Waals surface area contributed by atoms with E-state index in [1.165, 1.54) is 0 Å². The Morgan fingerprint density at radius 3 is 2.44 bits per heavy atom. The average molecular weight is 368 g/mol. The van der Waals surface area contributed by atoms with E-state index in [4.69, 9.17) is 5.73 Å². The summed E-state index contributed by atoms with van der Waals surface area (Å²) in [5, 5.41) is 2.35. The Balaban J connectivity index is 2.74. The first-order chi connectivity index (χ1) is 8.59. The molecule has 3 nitrogen and oxygen atoms in total. The molecule has 18 heavy (non-hydrogen) atoms. The molecular formula is C13H8Br2N2O. The van der Waals surface area contributed by atoms with Gasteiger partial charge in [0.2, 0.25) is 0 Å². The Morgan fingerprint density at radius 2 is 1.72 bits per heavy atom. The smallest absolute Gasteiger partial charge is 0.256 e. The molecule has 0 unspecified atom stereocenters. The average Bonchev–Trinajstić information content (AvgIpc) is 2.36. The van der Waals surface area contributed by atoms with Gasteiger partial charge in [-0.05, 0) is 49.4 Å². The molecule has 1 heterocycles. The summed E-state index contributed by atoms with van der Waals surface area (Å²) in [6, 6.07) is 9.27. The minimum Gasteiger partial charge on any atom is -0.397 e. The molecule has 0 radical (unpaired) electrons. The molecule has 90 valence electrons. The summed E-state index contributed by atoms with van der Waals surface area (Å²) in [7, 11) is 0. The molecule has 0 aliphatic carbocycles. The maximum Gasteiger partial charge on any atom is 0.256 e. The van der Waals surface area contributed by atoms with Crippen LogP contribution < -0.4 is 11.3 Å². The number of pyridine rings is 1. The maximum absolute atomic E-state index is 12.0. The highest BCUT2D eigenvalue weighted by molar-refractivity contribution is 9.11. The van der Waals surface area contributed by atoms with Crippen LogP contribution in [0.1, 0.15) is 0 Å². The maximum atomic E-state index is 12.0.